The van der Waals surface area contributed by atoms with Crippen molar-refractivity contribution in [3.05, 3.63) is 34.9 Å². The molecule has 4 unspecified atom stereocenters. The maximum absolute atomic E-state index is 10.5. The van der Waals surface area contributed by atoms with Crippen molar-refractivity contribution in [1.29, 1.82) is 0 Å². The van der Waals surface area contributed by atoms with Crippen LogP contribution in [0.25, 0.3) is 0 Å². The largest absolute Gasteiger partial charge is 0.392 e. The fraction of sp³-hybridized carbons (Fsp3) is 0.647. The van der Waals surface area contributed by atoms with Gasteiger partial charge in [0.25, 0.3) is 0 Å². The van der Waals surface area contributed by atoms with Crippen molar-refractivity contribution >= 4 is 0 Å². The molecule has 0 aliphatic heterocycles. The number of aliphatic hydroxyl groups excluding tert-OH is 1. The zero-order valence-corrected chi connectivity index (χ0v) is 11.5. The molecule has 98 valence electrons. The topological polar surface area (TPSA) is 20.2 Å². The van der Waals surface area contributed by atoms with Crippen molar-refractivity contribution in [2.45, 2.75) is 52.1 Å². The molecule has 0 saturated heterocycles. The van der Waals surface area contributed by atoms with Crippen LogP contribution in [0.1, 0.15) is 42.4 Å². The first-order valence-corrected chi connectivity index (χ1v) is 7.37. The first-order chi connectivity index (χ1) is 8.61. The van der Waals surface area contributed by atoms with E-state index < -0.39 is 0 Å². The van der Waals surface area contributed by atoms with Crippen LogP contribution in [0.4, 0.5) is 0 Å². The molecule has 2 fully saturated rings. The molecule has 2 aliphatic carbocycles. The predicted molar refractivity (Wildman–Crippen MR) is 74.6 cm³/mol. The minimum Gasteiger partial charge on any atom is -0.392 e. The van der Waals surface area contributed by atoms with Gasteiger partial charge in [-0.3, -0.25) is 0 Å². The average Bonchev–Trinajstić information content (AvgIpc) is 2.88. The van der Waals surface area contributed by atoms with Crippen LogP contribution in [0.5, 0.6) is 0 Å². The van der Waals surface area contributed by atoms with Gasteiger partial charge >= 0.3 is 0 Å². The van der Waals surface area contributed by atoms with Gasteiger partial charge < -0.3 is 5.11 Å². The molecule has 0 aromatic heterocycles. The molecule has 4 atom stereocenters. The highest BCUT2D eigenvalue weighted by Gasteiger charge is 2.42. The Labute approximate surface area is 110 Å². The van der Waals surface area contributed by atoms with Crippen LogP contribution < -0.4 is 0 Å². The summed E-state index contributed by atoms with van der Waals surface area (Å²) in [6.07, 6.45) is 6.15. The van der Waals surface area contributed by atoms with Gasteiger partial charge in [-0.25, -0.2) is 0 Å². The summed E-state index contributed by atoms with van der Waals surface area (Å²) >= 11 is 0. The van der Waals surface area contributed by atoms with Gasteiger partial charge in [0, 0.05) is 0 Å². The van der Waals surface area contributed by atoms with Gasteiger partial charge in [0.05, 0.1) is 6.10 Å². The van der Waals surface area contributed by atoms with Gasteiger partial charge in [-0.2, -0.15) is 0 Å². The van der Waals surface area contributed by atoms with Crippen LogP contribution in [-0.4, -0.2) is 11.2 Å². The monoisotopic (exact) mass is 244 g/mol. The van der Waals surface area contributed by atoms with Gasteiger partial charge in [-0.15, -0.1) is 0 Å². The molecule has 1 heteroatoms. The van der Waals surface area contributed by atoms with E-state index in [1.165, 1.54) is 42.4 Å². The van der Waals surface area contributed by atoms with Crippen molar-refractivity contribution in [3.8, 4) is 0 Å². The number of hydrogen-bond donors (Lipinski definition) is 1. The molecule has 0 amide bonds. The summed E-state index contributed by atoms with van der Waals surface area (Å²) in [5.74, 6) is 2.31. The Morgan fingerprint density at radius 1 is 1.11 bits per heavy atom. The molecule has 0 radical (unpaired) electrons. The van der Waals surface area contributed by atoms with E-state index in [0.717, 1.165) is 18.3 Å². The molecule has 0 heterocycles. The van der Waals surface area contributed by atoms with Crippen molar-refractivity contribution in [1.82, 2.24) is 0 Å². The Kier molecular flexibility index (Phi) is 3.19. The molecule has 2 bridgehead atoms. The predicted octanol–water partition coefficient (Wildman–Crippen LogP) is 3.64. The van der Waals surface area contributed by atoms with Crippen LogP contribution >= 0.6 is 0 Å². The second-order valence-electron chi connectivity index (χ2n) is 6.61. The molecular formula is C17H24O. The molecule has 2 aliphatic rings. The Morgan fingerprint density at radius 2 is 1.83 bits per heavy atom. The first-order valence-electron chi connectivity index (χ1n) is 7.37. The molecule has 1 N–H and O–H groups in total. The second-order valence-corrected chi connectivity index (χ2v) is 6.61. The Balaban J connectivity index is 1.68. The van der Waals surface area contributed by atoms with Crippen molar-refractivity contribution in [2.24, 2.45) is 17.8 Å². The van der Waals surface area contributed by atoms with E-state index in [1.807, 2.05) is 0 Å². The Morgan fingerprint density at radius 3 is 2.39 bits per heavy atom. The fourth-order valence-electron chi connectivity index (χ4n) is 4.34. The third-order valence-electron chi connectivity index (χ3n) is 5.01. The normalized spacial score (nSPS) is 31.8. The summed E-state index contributed by atoms with van der Waals surface area (Å²) in [6.45, 7) is 4.28. The zero-order chi connectivity index (χ0) is 12.7. The van der Waals surface area contributed by atoms with Crippen LogP contribution in [-0.2, 0) is 6.42 Å². The van der Waals surface area contributed by atoms with Crippen molar-refractivity contribution in [2.75, 3.05) is 0 Å². The number of aliphatic hydroxyl groups is 1. The quantitative estimate of drug-likeness (QED) is 0.860. The highest BCUT2D eigenvalue weighted by atomic mass is 16.3. The minimum atomic E-state index is -0.124. The van der Waals surface area contributed by atoms with E-state index >= 15 is 0 Å². The Bertz CT molecular complexity index is 417. The van der Waals surface area contributed by atoms with Gasteiger partial charge in [0.1, 0.15) is 0 Å². The second kappa shape index (κ2) is 4.70. The molecule has 1 nitrogen and oxygen atoms in total. The maximum Gasteiger partial charge on any atom is 0.0611 e. The summed E-state index contributed by atoms with van der Waals surface area (Å²) in [5.41, 5.74) is 3.93. The fourth-order valence-corrected chi connectivity index (χ4v) is 4.34. The van der Waals surface area contributed by atoms with Crippen molar-refractivity contribution in [3.63, 3.8) is 0 Å². The highest BCUT2D eigenvalue weighted by molar-refractivity contribution is 5.29. The van der Waals surface area contributed by atoms with E-state index in [-0.39, 0.29) is 6.10 Å². The lowest BCUT2D eigenvalue weighted by molar-refractivity contribution is 0.0751. The van der Waals surface area contributed by atoms with E-state index in [9.17, 15) is 5.11 Å². The average molecular weight is 244 g/mol. The number of fused-ring (bicyclic) bond motifs is 2. The number of aryl methyl sites for hydroxylation is 2. The summed E-state index contributed by atoms with van der Waals surface area (Å²) in [4.78, 5) is 0. The van der Waals surface area contributed by atoms with Gasteiger partial charge in [0.15, 0.2) is 0 Å². The van der Waals surface area contributed by atoms with E-state index in [4.69, 9.17) is 0 Å². The summed E-state index contributed by atoms with van der Waals surface area (Å²) in [7, 11) is 0. The molecule has 1 aromatic rings. The van der Waals surface area contributed by atoms with Crippen LogP contribution in [0.2, 0.25) is 0 Å². The van der Waals surface area contributed by atoms with Crippen LogP contribution in [0, 0.1) is 31.6 Å². The van der Waals surface area contributed by atoms with Gasteiger partial charge in [0.2, 0.25) is 0 Å². The smallest absolute Gasteiger partial charge is 0.0611 e. The maximum atomic E-state index is 10.5. The van der Waals surface area contributed by atoms with Crippen LogP contribution in [0.15, 0.2) is 18.2 Å². The number of hydrogen-bond acceptors (Lipinski definition) is 1. The lowest BCUT2D eigenvalue weighted by Gasteiger charge is -2.27. The molecule has 1 aromatic carbocycles. The zero-order valence-electron chi connectivity index (χ0n) is 11.5. The third kappa shape index (κ3) is 2.33. The van der Waals surface area contributed by atoms with Gasteiger partial charge in [-0.05, 0) is 62.8 Å². The lowest BCUT2D eigenvalue weighted by Crippen LogP contribution is -2.27. The van der Waals surface area contributed by atoms with Gasteiger partial charge in [-0.1, -0.05) is 35.7 Å². The molecule has 0 spiro atoms. The summed E-state index contributed by atoms with van der Waals surface area (Å²) in [6, 6.07) is 6.65. The minimum absolute atomic E-state index is 0.124. The standard InChI is InChI=1S/C17H24O/c1-11-5-12(2)7-14(6-11)10-17(18)16-9-13-3-4-15(16)8-13/h5-7,13,15-18H,3-4,8-10H2,1-2H3. The SMILES string of the molecule is Cc1cc(C)cc(CC(O)C2CC3CCC2C3)c1. The van der Waals surface area contributed by atoms with E-state index in [1.54, 1.807) is 0 Å². The first kappa shape index (κ1) is 12.2. The van der Waals surface area contributed by atoms with Crippen molar-refractivity contribution < 1.29 is 5.11 Å². The van der Waals surface area contributed by atoms with Crippen LogP contribution in [0.3, 0.4) is 0 Å². The highest BCUT2D eigenvalue weighted by Crippen LogP contribution is 2.49. The molecule has 2 saturated carbocycles. The number of benzene rings is 1. The summed E-state index contributed by atoms with van der Waals surface area (Å²) in [5, 5.41) is 10.5. The lowest BCUT2D eigenvalue weighted by atomic mass is 9.82. The van der Waals surface area contributed by atoms with E-state index in [0.29, 0.717) is 5.92 Å². The van der Waals surface area contributed by atoms with E-state index in [2.05, 4.69) is 32.0 Å². The Hall–Kier alpha value is -0.820. The molecular weight excluding hydrogens is 220 g/mol. The number of rotatable bonds is 3. The summed E-state index contributed by atoms with van der Waals surface area (Å²) < 4.78 is 0. The third-order valence-corrected chi connectivity index (χ3v) is 5.01. The molecule has 18 heavy (non-hydrogen) atoms. The molecule has 3 rings (SSSR count).